The first-order valence-electron chi connectivity index (χ1n) is 6.36. The van der Waals surface area contributed by atoms with Gasteiger partial charge >= 0.3 is 0 Å². The number of nitrogens with one attached hydrogen (secondary N) is 1. The third kappa shape index (κ3) is 3.91. The standard InChI is InChI=1S/C13H21N3OS.ClH/c1-13(2)5-4-6-14-11(13)12(17)16(3)7-10-8-18-9-15-10;/h8-9,11,14H,4-7H2,1-3H3;1H. The maximum Gasteiger partial charge on any atom is 0.240 e. The number of carbonyl (C=O) groups is 1. The summed E-state index contributed by atoms with van der Waals surface area (Å²) >= 11 is 1.56. The van der Waals surface area contributed by atoms with Gasteiger partial charge in [-0.05, 0) is 24.8 Å². The molecule has 0 bridgehead atoms. The minimum absolute atomic E-state index is 0. The zero-order valence-electron chi connectivity index (χ0n) is 11.7. The van der Waals surface area contributed by atoms with Gasteiger partial charge in [-0.3, -0.25) is 4.79 Å². The van der Waals surface area contributed by atoms with E-state index in [9.17, 15) is 4.79 Å². The van der Waals surface area contributed by atoms with Crippen molar-refractivity contribution in [3.05, 3.63) is 16.6 Å². The summed E-state index contributed by atoms with van der Waals surface area (Å²) in [5, 5.41) is 5.35. The molecule has 4 nitrogen and oxygen atoms in total. The number of thiazole rings is 1. The van der Waals surface area contributed by atoms with Gasteiger partial charge in [0, 0.05) is 12.4 Å². The van der Waals surface area contributed by atoms with E-state index in [2.05, 4.69) is 24.1 Å². The average Bonchev–Trinajstić information content (AvgIpc) is 2.80. The van der Waals surface area contributed by atoms with Crippen molar-refractivity contribution in [1.82, 2.24) is 15.2 Å². The van der Waals surface area contributed by atoms with Crippen LogP contribution in [0.15, 0.2) is 10.9 Å². The Bertz CT molecular complexity index is 408. The first-order chi connectivity index (χ1) is 8.50. The topological polar surface area (TPSA) is 45.2 Å². The van der Waals surface area contributed by atoms with Crippen LogP contribution in [0.1, 0.15) is 32.4 Å². The van der Waals surface area contributed by atoms with E-state index in [0.717, 1.165) is 25.1 Å². The molecule has 1 aromatic rings. The van der Waals surface area contributed by atoms with Crippen molar-refractivity contribution in [2.24, 2.45) is 5.41 Å². The lowest BCUT2D eigenvalue weighted by molar-refractivity contribution is -0.136. The minimum Gasteiger partial charge on any atom is -0.338 e. The first kappa shape index (κ1) is 16.4. The molecular formula is C13H22ClN3OS. The summed E-state index contributed by atoms with van der Waals surface area (Å²) in [6.45, 7) is 5.86. The fourth-order valence-corrected chi connectivity index (χ4v) is 3.04. The summed E-state index contributed by atoms with van der Waals surface area (Å²) in [7, 11) is 1.86. The summed E-state index contributed by atoms with van der Waals surface area (Å²) in [5.41, 5.74) is 2.80. The second-order valence-electron chi connectivity index (χ2n) is 5.65. The monoisotopic (exact) mass is 303 g/mol. The van der Waals surface area contributed by atoms with Gasteiger partial charge in [0.25, 0.3) is 0 Å². The molecule has 1 N–H and O–H groups in total. The van der Waals surface area contributed by atoms with Crippen molar-refractivity contribution in [3.63, 3.8) is 0 Å². The van der Waals surface area contributed by atoms with Crippen molar-refractivity contribution in [2.75, 3.05) is 13.6 Å². The molecule has 1 aliphatic heterocycles. The van der Waals surface area contributed by atoms with Crippen molar-refractivity contribution in [2.45, 2.75) is 39.3 Å². The molecule has 1 amide bonds. The van der Waals surface area contributed by atoms with Gasteiger partial charge < -0.3 is 10.2 Å². The van der Waals surface area contributed by atoms with Crippen LogP contribution in [0.25, 0.3) is 0 Å². The highest BCUT2D eigenvalue weighted by atomic mass is 35.5. The molecule has 0 saturated carbocycles. The van der Waals surface area contributed by atoms with Crippen LogP contribution in [0.2, 0.25) is 0 Å². The smallest absolute Gasteiger partial charge is 0.240 e. The van der Waals surface area contributed by atoms with Crippen LogP contribution in [-0.4, -0.2) is 35.4 Å². The third-order valence-corrected chi connectivity index (χ3v) is 4.27. The van der Waals surface area contributed by atoms with E-state index in [1.54, 1.807) is 21.7 Å². The Morgan fingerprint density at radius 3 is 2.95 bits per heavy atom. The summed E-state index contributed by atoms with van der Waals surface area (Å²) < 4.78 is 0. The van der Waals surface area contributed by atoms with Crippen molar-refractivity contribution in [3.8, 4) is 0 Å². The van der Waals surface area contributed by atoms with Crippen molar-refractivity contribution >= 4 is 29.7 Å². The van der Waals surface area contributed by atoms with Gasteiger partial charge in [-0.15, -0.1) is 23.7 Å². The number of rotatable bonds is 3. The van der Waals surface area contributed by atoms with Crippen LogP contribution >= 0.6 is 23.7 Å². The average molecular weight is 304 g/mol. The number of hydrogen-bond acceptors (Lipinski definition) is 4. The number of halogens is 1. The summed E-state index contributed by atoms with van der Waals surface area (Å²) in [4.78, 5) is 18.5. The quantitative estimate of drug-likeness (QED) is 0.932. The fourth-order valence-electron chi connectivity index (χ4n) is 2.49. The molecule has 0 radical (unpaired) electrons. The van der Waals surface area contributed by atoms with Gasteiger partial charge in [0.05, 0.1) is 23.8 Å². The number of nitrogens with zero attached hydrogens (tertiary/aromatic N) is 2. The van der Waals surface area contributed by atoms with E-state index in [1.165, 1.54) is 0 Å². The minimum atomic E-state index is -0.0742. The lowest BCUT2D eigenvalue weighted by atomic mass is 9.77. The predicted octanol–water partition coefficient (Wildman–Crippen LogP) is 2.30. The van der Waals surface area contributed by atoms with Gasteiger partial charge in [0.2, 0.25) is 5.91 Å². The lowest BCUT2D eigenvalue weighted by Gasteiger charge is -2.40. The highest BCUT2D eigenvalue weighted by Gasteiger charge is 2.38. The van der Waals surface area contributed by atoms with Gasteiger partial charge in [0.1, 0.15) is 0 Å². The molecule has 1 fully saturated rings. The highest BCUT2D eigenvalue weighted by molar-refractivity contribution is 7.07. The van der Waals surface area contributed by atoms with Gasteiger partial charge in [0.15, 0.2) is 0 Å². The Kier molecular flexibility index (Phi) is 5.77. The number of hydrogen-bond donors (Lipinski definition) is 1. The van der Waals surface area contributed by atoms with E-state index in [1.807, 2.05) is 12.4 Å². The van der Waals surface area contributed by atoms with E-state index >= 15 is 0 Å². The summed E-state index contributed by atoms with van der Waals surface area (Å²) in [6.07, 6.45) is 2.24. The van der Waals surface area contributed by atoms with Gasteiger partial charge in [-0.25, -0.2) is 4.98 Å². The van der Waals surface area contributed by atoms with Crippen LogP contribution in [0.3, 0.4) is 0 Å². The number of amides is 1. The van der Waals surface area contributed by atoms with Crippen molar-refractivity contribution < 1.29 is 4.79 Å². The Hall–Kier alpha value is -0.650. The van der Waals surface area contributed by atoms with E-state index in [4.69, 9.17) is 0 Å². The number of piperidine rings is 1. The Morgan fingerprint density at radius 2 is 2.37 bits per heavy atom. The number of carbonyl (C=O) groups excluding carboxylic acids is 1. The molecule has 0 aliphatic carbocycles. The maximum atomic E-state index is 12.5. The first-order valence-corrected chi connectivity index (χ1v) is 7.30. The predicted molar refractivity (Wildman–Crippen MR) is 80.6 cm³/mol. The van der Waals surface area contributed by atoms with Crippen LogP contribution in [0.5, 0.6) is 0 Å². The van der Waals surface area contributed by atoms with E-state index in [0.29, 0.717) is 6.54 Å². The van der Waals surface area contributed by atoms with Gasteiger partial charge in [-0.2, -0.15) is 0 Å². The molecule has 1 atom stereocenters. The molecule has 1 aromatic heterocycles. The van der Waals surface area contributed by atoms with Crippen LogP contribution in [0, 0.1) is 5.41 Å². The molecular weight excluding hydrogens is 282 g/mol. The van der Waals surface area contributed by atoms with Crippen LogP contribution in [0.4, 0.5) is 0 Å². The Morgan fingerprint density at radius 1 is 1.63 bits per heavy atom. The molecule has 2 heterocycles. The lowest BCUT2D eigenvalue weighted by Crippen LogP contribution is -2.55. The maximum absolute atomic E-state index is 12.5. The molecule has 2 rings (SSSR count). The summed E-state index contributed by atoms with van der Waals surface area (Å²) in [5.74, 6) is 0.174. The largest absolute Gasteiger partial charge is 0.338 e. The SMILES string of the molecule is CN(Cc1cscn1)C(=O)C1NCCCC1(C)C.Cl. The Balaban J connectivity index is 0.00000180. The highest BCUT2D eigenvalue weighted by Crippen LogP contribution is 2.31. The van der Waals surface area contributed by atoms with Crippen LogP contribution < -0.4 is 5.32 Å². The number of likely N-dealkylation sites (N-methyl/N-ethyl adjacent to an activating group) is 1. The second kappa shape index (κ2) is 6.68. The molecule has 1 aliphatic rings. The molecule has 0 aromatic carbocycles. The molecule has 1 saturated heterocycles. The van der Waals surface area contributed by atoms with E-state index in [-0.39, 0.29) is 29.8 Å². The van der Waals surface area contributed by atoms with E-state index < -0.39 is 0 Å². The second-order valence-corrected chi connectivity index (χ2v) is 6.37. The molecule has 19 heavy (non-hydrogen) atoms. The summed E-state index contributed by atoms with van der Waals surface area (Å²) in [6, 6.07) is -0.0742. The zero-order valence-corrected chi connectivity index (χ0v) is 13.3. The normalized spacial score (nSPS) is 21.5. The Labute approximate surface area is 125 Å². The molecule has 6 heteroatoms. The number of aromatic nitrogens is 1. The fraction of sp³-hybridized carbons (Fsp3) is 0.692. The molecule has 0 spiro atoms. The van der Waals surface area contributed by atoms with Crippen molar-refractivity contribution in [1.29, 1.82) is 0 Å². The zero-order chi connectivity index (χ0) is 13.2. The van der Waals surface area contributed by atoms with Gasteiger partial charge in [-0.1, -0.05) is 13.8 Å². The third-order valence-electron chi connectivity index (χ3n) is 3.63. The van der Waals surface area contributed by atoms with Crippen LogP contribution in [-0.2, 0) is 11.3 Å². The molecule has 108 valence electrons. The molecule has 1 unspecified atom stereocenters.